The van der Waals surface area contributed by atoms with Gasteiger partial charge in [0.2, 0.25) is 5.91 Å². The molecule has 1 aliphatic heterocycles. The molecule has 1 amide bonds. The molecular formula is C18H29ClN2O2. The fourth-order valence-corrected chi connectivity index (χ4v) is 2.76. The van der Waals surface area contributed by atoms with Crippen LogP contribution in [0.5, 0.6) is 5.75 Å². The third-order valence-electron chi connectivity index (χ3n) is 4.70. The summed E-state index contributed by atoms with van der Waals surface area (Å²) >= 11 is 0. The number of rotatable bonds is 6. The third-order valence-corrected chi connectivity index (χ3v) is 4.70. The summed E-state index contributed by atoms with van der Waals surface area (Å²) in [4.78, 5) is 14.3. The SMILES string of the molecule is CCC(C)C(N)C(=O)N1CCC(COc2ccccc2)CC1.Cl. The first-order valence-corrected chi connectivity index (χ1v) is 8.34. The van der Waals surface area contributed by atoms with Crippen molar-refractivity contribution in [2.45, 2.75) is 39.2 Å². The standard InChI is InChI=1S/C18H28N2O2.ClH/c1-3-14(2)17(19)18(21)20-11-9-15(10-12-20)13-22-16-7-5-4-6-8-16;/h4-8,14-15,17H,3,9-13,19H2,1-2H3;1H. The smallest absolute Gasteiger partial charge is 0.239 e. The third kappa shape index (κ3) is 5.70. The molecule has 2 atom stereocenters. The predicted octanol–water partition coefficient (Wildman–Crippen LogP) is 3.10. The summed E-state index contributed by atoms with van der Waals surface area (Å²) in [5.74, 6) is 1.78. The van der Waals surface area contributed by atoms with Crippen LogP contribution in [-0.2, 0) is 4.79 Å². The van der Waals surface area contributed by atoms with Gasteiger partial charge in [0.05, 0.1) is 12.6 Å². The van der Waals surface area contributed by atoms with E-state index in [9.17, 15) is 4.79 Å². The van der Waals surface area contributed by atoms with E-state index in [4.69, 9.17) is 10.5 Å². The lowest BCUT2D eigenvalue weighted by molar-refractivity contribution is -0.135. The van der Waals surface area contributed by atoms with Gasteiger partial charge in [0.25, 0.3) is 0 Å². The van der Waals surface area contributed by atoms with Gasteiger partial charge in [-0.1, -0.05) is 38.5 Å². The minimum Gasteiger partial charge on any atom is -0.493 e. The van der Waals surface area contributed by atoms with E-state index in [2.05, 4.69) is 6.92 Å². The van der Waals surface area contributed by atoms with Crippen LogP contribution in [0, 0.1) is 11.8 Å². The molecular weight excluding hydrogens is 312 g/mol. The molecule has 0 spiro atoms. The van der Waals surface area contributed by atoms with Gasteiger partial charge in [-0.3, -0.25) is 4.79 Å². The van der Waals surface area contributed by atoms with Crippen LogP contribution >= 0.6 is 12.4 Å². The Morgan fingerprint density at radius 2 is 1.91 bits per heavy atom. The normalized spacial score (nSPS) is 18.0. The largest absolute Gasteiger partial charge is 0.493 e. The van der Waals surface area contributed by atoms with Crippen LogP contribution in [0.25, 0.3) is 0 Å². The topological polar surface area (TPSA) is 55.6 Å². The molecule has 2 unspecified atom stereocenters. The number of piperidine rings is 1. The summed E-state index contributed by atoms with van der Waals surface area (Å²) in [6, 6.07) is 9.53. The van der Waals surface area contributed by atoms with Crippen molar-refractivity contribution in [1.29, 1.82) is 0 Å². The number of halogens is 1. The fraction of sp³-hybridized carbons (Fsp3) is 0.611. The molecule has 1 saturated heterocycles. The zero-order chi connectivity index (χ0) is 15.9. The zero-order valence-electron chi connectivity index (χ0n) is 14.1. The number of hydrogen-bond acceptors (Lipinski definition) is 3. The number of para-hydroxylation sites is 1. The van der Waals surface area contributed by atoms with E-state index in [0.29, 0.717) is 5.92 Å². The van der Waals surface area contributed by atoms with E-state index in [-0.39, 0.29) is 30.3 Å². The van der Waals surface area contributed by atoms with Crippen LogP contribution in [0.2, 0.25) is 0 Å². The monoisotopic (exact) mass is 340 g/mol. The lowest BCUT2D eigenvalue weighted by Crippen LogP contribution is -2.50. The molecule has 0 aromatic heterocycles. The Hall–Kier alpha value is -1.26. The van der Waals surface area contributed by atoms with Crippen molar-refractivity contribution in [3.8, 4) is 5.75 Å². The molecule has 1 heterocycles. The van der Waals surface area contributed by atoms with Crippen LogP contribution in [0.3, 0.4) is 0 Å². The first-order chi connectivity index (χ1) is 10.6. The Morgan fingerprint density at radius 1 is 1.30 bits per heavy atom. The van der Waals surface area contributed by atoms with E-state index < -0.39 is 0 Å². The van der Waals surface area contributed by atoms with Crippen LogP contribution in [0.15, 0.2) is 30.3 Å². The maximum absolute atomic E-state index is 12.4. The average molecular weight is 341 g/mol. The molecule has 5 heteroatoms. The first kappa shape index (κ1) is 19.8. The van der Waals surface area contributed by atoms with E-state index >= 15 is 0 Å². The molecule has 1 aromatic carbocycles. The van der Waals surface area contributed by atoms with Gasteiger partial charge in [0.15, 0.2) is 0 Å². The summed E-state index contributed by atoms with van der Waals surface area (Å²) in [6.45, 7) is 6.44. The van der Waals surface area contributed by atoms with Gasteiger partial charge in [0.1, 0.15) is 5.75 Å². The van der Waals surface area contributed by atoms with Crippen molar-refractivity contribution >= 4 is 18.3 Å². The molecule has 23 heavy (non-hydrogen) atoms. The van der Waals surface area contributed by atoms with Crippen molar-refractivity contribution in [2.75, 3.05) is 19.7 Å². The predicted molar refractivity (Wildman–Crippen MR) is 95.9 cm³/mol. The van der Waals surface area contributed by atoms with Gasteiger partial charge in [-0.15, -0.1) is 12.4 Å². The summed E-state index contributed by atoms with van der Waals surface area (Å²) in [5.41, 5.74) is 6.06. The van der Waals surface area contributed by atoms with Crippen molar-refractivity contribution in [3.05, 3.63) is 30.3 Å². The molecule has 1 fully saturated rings. The Morgan fingerprint density at radius 3 is 2.48 bits per heavy atom. The van der Waals surface area contributed by atoms with Crippen molar-refractivity contribution in [3.63, 3.8) is 0 Å². The lowest BCUT2D eigenvalue weighted by Gasteiger charge is -2.34. The van der Waals surface area contributed by atoms with Crippen LogP contribution in [-0.4, -0.2) is 36.5 Å². The van der Waals surface area contributed by atoms with Gasteiger partial charge in [-0.25, -0.2) is 0 Å². The van der Waals surface area contributed by atoms with Gasteiger partial charge in [-0.2, -0.15) is 0 Å². The number of likely N-dealkylation sites (tertiary alicyclic amines) is 1. The Balaban J connectivity index is 0.00000264. The summed E-state index contributed by atoms with van der Waals surface area (Å²) in [5, 5.41) is 0. The highest BCUT2D eigenvalue weighted by atomic mass is 35.5. The van der Waals surface area contributed by atoms with Crippen molar-refractivity contribution in [2.24, 2.45) is 17.6 Å². The molecule has 4 nitrogen and oxygen atoms in total. The Bertz CT molecular complexity index is 461. The number of nitrogens with two attached hydrogens (primary N) is 1. The van der Waals surface area contributed by atoms with E-state index in [0.717, 1.165) is 44.7 Å². The number of carbonyl (C=O) groups excluding carboxylic acids is 1. The average Bonchev–Trinajstić information content (AvgIpc) is 2.59. The minimum atomic E-state index is -0.359. The second-order valence-corrected chi connectivity index (χ2v) is 6.30. The highest BCUT2D eigenvalue weighted by Gasteiger charge is 2.28. The van der Waals surface area contributed by atoms with Crippen LogP contribution in [0.1, 0.15) is 33.1 Å². The van der Waals surface area contributed by atoms with Crippen LogP contribution in [0.4, 0.5) is 0 Å². The van der Waals surface area contributed by atoms with Gasteiger partial charge in [-0.05, 0) is 36.8 Å². The molecule has 0 radical (unpaired) electrons. The molecule has 0 saturated carbocycles. The quantitative estimate of drug-likeness (QED) is 0.865. The second kappa shape index (κ2) is 9.78. The minimum absolute atomic E-state index is 0. The summed E-state index contributed by atoms with van der Waals surface area (Å²) in [6.07, 6.45) is 2.92. The number of amides is 1. The number of ether oxygens (including phenoxy) is 1. The number of nitrogens with zero attached hydrogens (tertiary/aromatic N) is 1. The molecule has 2 N–H and O–H groups in total. The maximum atomic E-state index is 12.4. The maximum Gasteiger partial charge on any atom is 0.239 e. The highest BCUT2D eigenvalue weighted by molar-refractivity contribution is 5.85. The number of hydrogen-bond donors (Lipinski definition) is 1. The lowest BCUT2D eigenvalue weighted by atomic mass is 9.94. The van der Waals surface area contributed by atoms with E-state index in [1.807, 2.05) is 42.2 Å². The first-order valence-electron chi connectivity index (χ1n) is 8.34. The van der Waals surface area contributed by atoms with Crippen molar-refractivity contribution in [1.82, 2.24) is 4.90 Å². The number of benzene rings is 1. The second-order valence-electron chi connectivity index (χ2n) is 6.30. The highest BCUT2D eigenvalue weighted by Crippen LogP contribution is 2.20. The molecule has 0 bridgehead atoms. The Labute approximate surface area is 145 Å². The van der Waals surface area contributed by atoms with Gasteiger partial charge >= 0.3 is 0 Å². The van der Waals surface area contributed by atoms with E-state index in [1.165, 1.54) is 0 Å². The molecule has 130 valence electrons. The zero-order valence-corrected chi connectivity index (χ0v) is 14.9. The van der Waals surface area contributed by atoms with Gasteiger partial charge < -0.3 is 15.4 Å². The van der Waals surface area contributed by atoms with Crippen LogP contribution < -0.4 is 10.5 Å². The fourth-order valence-electron chi connectivity index (χ4n) is 2.76. The van der Waals surface area contributed by atoms with E-state index in [1.54, 1.807) is 0 Å². The summed E-state index contributed by atoms with van der Waals surface area (Å²) < 4.78 is 5.82. The molecule has 1 aromatic rings. The molecule has 1 aliphatic rings. The molecule has 2 rings (SSSR count). The molecule has 0 aliphatic carbocycles. The Kier molecular flexibility index (Phi) is 8.42. The summed E-state index contributed by atoms with van der Waals surface area (Å²) in [7, 11) is 0. The number of carbonyl (C=O) groups is 1. The van der Waals surface area contributed by atoms with Gasteiger partial charge in [0, 0.05) is 13.1 Å². The van der Waals surface area contributed by atoms with Crippen molar-refractivity contribution < 1.29 is 9.53 Å².